The molecule has 0 unspecified atom stereocenters. The molecule has 3 aliphatic carbocycles. The van der Waals surface area contributed by atoms with E-state index in [9.17, 15) is 0 Å². The summed E-state index contributed by atoms with van der Waals surface area (Å²) in [5, 5.41) is 2.62. The highest BCUT2D eigenvalue weighted by Crippen LogP contribution is 2.59. The summed E-state index contributed by atoms with van der Waals surface area (Å²) >= 11 is 0. The molecule has 0 saturated carbocycles. The lowest BCUT2D eigenvalue weighted by Gasteiger charge is -2.30. The quantitative estimate of drug-likeness (QED) is 0.137. The molecule has 3 aliphatic rings. The minimum absolute atomic E-state index is 0.160. The first kappa shape index (κ1) is 40.3. The van der Waals surface area contributed by atoms with Crippen molar-refractivity contribution in [3.63, 3.8) is 0 Å². The Hall–Kier alpha value is -8.78. The average Bonchev–Trinajstić information content (AvgIpc) is 4.07. The highest BCUT2D eigenvalue weighted by molar-refractivity contribution is 6.22. The average molecular weight is 890 g/mol. The first-order chi connectivity index (χ1) is 34.7. The molecular weight excluding hydrogens is 843 g/mol. The second-order valence-corrected chi connectivity index (χ2v) is 19.2. The largest absolute Gasteiger partial charge is 0.310 e. The van der Waals surface area contributed by atoms with E-state index in [2.05, 4.69) is 266 Å². The number of para-hydroxylation sites is 2. The zero-order valence-electron chi connectivity index (χ0n) is 38.7. The van der Waals surface area contributed by atoms with E-state index < -0.39 is 0 Å². The molecule has 0 N–H and O–H groups in total. The van der Waals surface area contributed by atoms with Crippen molar-refractivity contribution in [2.75, 3.05) is 4.90 Å². The first-order valence-corrected chi connectivity index (χ1v) is 24.6. The molecule has 70 heavy (non-hydrogen) atoms. The van der Waals surface area contributed by atoms with Gasteiger partial charge < -0.3 is 4.90 Å². The van der Waals surface area contributed by atoms with Gasteiger partial charge in [-0.25, -0.2) is 0 Å². The van der Waals surface area contributed by atoms with Gasteiger partial charge in [0.15, 0.2) is 0 Å². The number of anilines is 3. The van der Waals surface area contributed by atoms with Gasteiger partial charge in [-0.1, -0.05) is 218 Å². The summed E-state index contributed by atoms with van der Waals surface area (Å²) in [7, 11) is 0. The van der Waals surface area contributed by atoms with Gasteiger partial charge in [-0.15, -0.1) is 0 Å². The van der Waals surface area contributed by atoms with Crippen molar-refractivity contribution in [1.29, 1.82) is 0 Å². The predicted octanol–water partition coefficient (Wildman–Crippen LogP) is 18.2. The molecule has 0 aliphatic heterocycles. The lowest BCUT2D eigenvalue weighted by Crippen LogP contribution is -2.26. The normalized spacial score (nSPS) is 13.4. The summed E-state index contributed by atoms with van der Waals surface area (Å²) in [5.74, 6) is 0. The summed E-state index contributed by atoms with van der Waals surface area (Å²) in [6, 6.07) is 92.2. The van der Waals surface area contributed by atoms with Crippen molar-refractivity contribution >= 4 is 40.0 Å². The van der Waals surface area contributed by atoms with Gasteiger partial charge in [-0.05, 0) is 166 Å². The van der Waals surface area contributed by atoms with Gasteiger partial charge in [0.05, 0.1) is 0 Å². The van der Waals surface area contributed by atoms with Gasteiger partial charge in [0.2, 0.25) is 0 Å². The third kappa shape index (κ3) is 6.39. The Morgan fingerprint density at radius 2 is 0.814 bits per heavy atom. The standard InChI is InChI=1S/C69H47N/c1-5-17-48(18-6-1)62-43-61(66(51-19-7-2-8-20-51)68-60-30-16-24-50-23-15-29-59(65(50)60)67(62)68)49-36-33-46(34-37-49)31-32-47-35-39-57-58-40-38-56(70(54-25-9-3-10-26-54)55-27-11-4-12-28-55)42-64(58)69(63(57)41-47)44-52-21-13-14-22-53(52)45-69/h1-43H,44-45H2/b32-31+. The Balaban J connectivity index is 0.852. The van der Waals surface area contributed by atoms with Gasteiger partial charge >= 0.3 is 0 Å². The first-order valence-electron chi connectivity index (χ1n) is 24.6. The van der Waals surface area contributed by atoms with Crippen molar-refractivity contribution in [2.45, 2.75) is 18.3 Å². The number of hydrogen-bond donors (Lipinski definition) is 0. The monoisotopic (exact) mass is 889 g/mol. The summed E-state index contributed by atoms with van der Waals surface area (Å²) in [6.45, 7) is 0. The van der Waals surface area contributed by atoms with E-state index in [1.165, 1.54) is 117 Å². The molecule has 0 heterocycles. The fraction of sp³-hybridized carbons (Fsp3) is 0.0435. The second kappa shape index (κ2) is 16.2. The molecule has 1 spiro atoms. The summed E-state index contributed by atoms with van der Waals surface area (Å²) in [6.07, 6.45) is 6.56. The van der Waals surface area contributed by atoms with E-state index in [-0.39, 0.29) is 5.41 Å². The molecular formula is C69H47N. The molecule has 0 saturated heterocycles. The third-order valence-corrected chi connectivity index (χ3v) is 15.4. The van der Waals surface area contributed by atoms with Gasteiger partial charge in [0.1, 0.15) is 0 Å². The Morgan fingerprint density at radius 1 is 0.314 bits per heavy atom. The van der Waals surface area contributed by atoms with E-state index in [1.807, 2.05) is 0 Å². The number of hydrogen-bond acceptors (Lipinski definition) is 1. The fourth-order valence-corrected chi connectivity index (χ4v) is 12.3. The third-order valence-electron chi connectivity index (χ3n) is 15.4. The molecule has 11 aromatic rings. The number of fused-ring (bicyclic) bond motifs is 9. The SMILES string of the molecule is C(=C\c1ccc2c(c1)C1(Cc3ccccc3C1)c1cc(N(c3ccccc3)c3ccccc3)ccc1-2)/c1ccc(-c2cc(-c3ccccc3)c3c(c2-c2ccccc2)-c2cccc4cccc-3c24)cc1. The van der Waals surface area contributed by atoms with Gasteiger partial charge in [-0.3, -0.25) is 0 Å². The molecule has 0 radical (unpaired) electrons. The smallest absolute Gasteiger partial charge is 0.0465 e. The lowest BCUT2D eigenvalue weighted by molar-refractivity contribution is 0.563. The number of benzene rings is 11. The Morgan fingerprint density at radius 3 is 1.46 bits per heavy atom. The Bertz CT molecular complexity index is 3780. The molecule has 0 aromatic heterocycles. The molecule has 14 rings (SSSR count). The predicted molar refractivity (Wildman–Crippen MR) is 295 cm³/mol. The van der Waals surface area contributed by atoms with Crippen molar-refractivity contribution in [2.24, 2.45) is 0 Å². The van der Waals surface area contributed by atoms with E-state index >= 15 is 0 Å². The highest BCUT2D eigenvalue weighted by Gasteiger charge is 2.47. The van der Waals surface area contributed by atoms with Crippen LogP contribution in [0.3, 0.4) is 0 Å². The molecule has 328 valence electrons. The van der Waals surface area contributed by atoms with Crippen LogP contribution in [0.4, 0.5) is 17.1 Å². The van der Waals surface area contributed by atoms with Crippen LogP contribution in [-0.4, -0.2) is 0 Å². The maximum atomic E-state index is 2.49. The lowest BCUT2D eigenvalue weighted by atomic mass is 9.75. The van der Waals surface area contributed by atoms with E-state index in [0.29, 0.717) is 0 Å². The fourth-order valence-electron chi connectivity index (χ4n) is 12.3. The van der Waals surface area contributed by atoms with Crippen molar-refractivity contribution in [3.05, 3.63) is 282 Å². The molecule has 0 fully saturated rings. The van der Waals surface area contributed by atoms with Gasteiger partial charge in [0.25, 0.3) is 0 Å². The molecule has 0 amide bonds. The molecule has 1 nitrogen and oxygen atoms in total. The van der Waals surface area contributed by atoms with Gasteiger partial charge in [0, 0.05) is 22.5 Å². The molecule has 11 aromatic carbocycles. The second-order valence-electron chi connectivity index (χ2n) is 19.2. The van der Waals surface area contributed by atoms with Crippen molar-refractivity contribution < 1.29 is 0 Å². The maximum absolute atomic E-state index is 2.49. The molecule has 0 bridgehead atoms. The number of rotatable bonds is 8. The molecule has 0 atom stereocenters. The highest BCUT2D eigenvalue weighted by atomic mass is 15.1. The van der Waals surface area contributed by atoms with Crippen LogP contribution >= 0.6 is 0 Å². The van der Waals surface area contributed by atoms with Crippen LogP contribution in [-0.2, 0) is 18.3 Å². The zero-order chi connectivity index (χ0) is 46.2. The zero-order valence-corrected chi connectivity index (χ0v) is 38.7. The minimum Gasteiger partial charge on any atom is -0.310 e. The Kier molecular flexibility index (Phi) is 9.32. The minimum atomic E-state index is -0.160. The van der Waals surface area contributed by atoms with E-state index in [4.69, 9.17) is 0 Å². The molecule has 1 heteroatoms. The Labute approximate surface area is 410 Å². The van der Waals surface area contributed by atoms with Gasteiger partial charge in [-0.2, -0.15) is 0 Å². The summed E-state index contributed by atoms with van der Waals surface area (Å²) in [4.78, 5) is 2.40. The van der Waals surface area contributed by atoms with Crippen LogP contribution in [0.2, 0.25) is 0 Å². The van der Waals surface area contributed by atoms with E-state index in [0.717, 1.165) is 24.2 Å². The summed E-state index contributed by atoms with van der Waals surface area (Å²) < 4.78 is 0. The van der Waals surface area contributed by atoms with Crippen LogP contribution in [0.15, 0.2) is 249 Å². The topological polar surface area (TPSA) is 3.24 Å². The summed E-state index contributed by atoms with van der Waals surface area (Å²) in [5.41, 5.74) is 26.9. The van der Waals surface area contributed by atoms with Crippen LogP contribution in [0.25, 0.3) is 89.7 Å². The van der Waals surface area contributed by atoms with Crippen LogP contribution in [0, 0.1) is 0 Å². The van der Waals surface area contributed by atoms with Crippen molar-refractivity contribution in [1.82, 2.24) is 0 Å². The van der Waals surface area contributed by atoms with Crippen LogP contribution in [0.5, 0.6) is 0 Å². The van der Waals surface area contributed by atoms with Crippen LogP contribution in [0.1, 0.15) is 33.4 Å². The van der Waals surface area contributed by atoms with E-state index in [1.54, 1.807) is 0 Å². The van der Waals surface area contributed by atoms with Crippen molar-refractivity contribution in [3.8, 4) is 66.8 Å². The number of nitrogens with zero attached hydrogens (tertiary/aromatic N) is 1. The van der Waals surface area contributed by atoms with Crippen LogP contribution < -0.4 is 4.90 Å². The maximum Gasteiger partial charge on any atom is 0.0465 e.